The van der Waals surface area contributed by atoms with Gasteiger partial charge in [-0.3, -0.25) is 10.1 Å². The Balaban J connectivity index is 2.64. The van der Waals surface area contributed by atoms with Crippen molar-refractivity contribution in [3.63, 3.8) is 0 Å². The maximum atomic E-state index is 11.2. The number of anilines is 1. The molecule has 2 rings (SSSR count). The normalized spacial score (nSPS) is 10.3. The standard InChI is InChI=1S/C13H13ClN4O2/c1-3-15-13-16-8(2)12(18(19)20)11(17-13)9-4-6-10(14)7-5-9/h4-7H,3H2,1-2H3,(H,15,16,17). The summed E-state index contributed by atoms with van der Waals surface area (Å²) in [6.45, 7) is 4.14. The number of hydrogen-bond acceptors (Lipinski definition) is 5. The van der Waals surface area contributed by atoms with E-state index in [9.17, 15) is 10.1 Å². The second kappa shape index (κ2) is 5.83. The van der Waals surface area contributed by atoms with Crippen LogP contribution >= 0.6 is 11.6 Å². The number of halogens is 1. The van der Waals surface area contributed by atoms with Crippen LogP contribution in [0.15, 0.2) is 24.3 Å². The molecule has 0 atom stereocenters. The van der Waals surface area contributed by atoms with Crippen LogP contribution in [0.1, 0.15) is 12.6 Å². The molecule has 0 saturated carbocycles. The van der Waals surface area contributed by atoms with Gasteiger partial charge in [-0.05, 0) is 26.0 Å². The van der Waals surface area contributed by atoms with Crippen LogP contribution in [0, 0.1) is 17.0 Å². The van der Waals surface area contributed by atoms with Gasteiger partial charge in [-0.15, -0.1) is 0 Å². The molecule has 0 fully saturated rings. The lowest BCUT2D eigenvalue weighted by Gasteiger charge is -2.08. The quantitative estimate of drug-likeness (QED) is 0.689. The molecular formula is C13H13ClN4O2. The van der Waals surface area contributed by atoms with E-state index in [1.165, 1.54) is 0 Å². The van der Waals surface area contributed by atoms with Crippen molar-refractivity contribution >= 4 is 23.2 Å². The molecule has 0 bridgehead atoms. The molecule has 1 aromatic heterocycles. The summed E-state index contributed by atoms with van der Waals surface area (Å²) in [5.41, 5.74) is 1.15. The Morgan fingerprint density at radius 1 is 1.30 bits per heavy atom. The summed E-state index contributed by atoms with van der Waals surface area (Å²) in [5, 5.41) is 14.8. The molecule has 0 amide bonds. The van der Waals surface area contributed by atoms with Gasteiger partial charge in [0, 0.05) is 17.1 Å². The third-order valence-electron chi connectivity index (χ3n) is 2.69. The first-order chi connectivity index (χ1) is 9.52. The maximum absolute atomic E-state index is 11.2. The number of benzene rings is 1. The Labute approximate surface area is 121 Å². The van der Waals surface area contributed by atoms with E-state index in [4.69, 9.17) is 11.6 Å². The van der Waals surface area contributed by atoms with Crippen LogP contribution in [0.25, 0.3) is 11.3 Å². The number of nitrogens with one attached hydrogen (secondary N) is 1. The molecule has 0 radical (unpaired) electrons. The van der Waals surface area contributed by atoms with Crippen molar-refractivity contribution in [2.75, 3.05) is 11.9 Å². The Morgan fingerprint density at radius 2 is 1.95 bits per heavy atom. The van der Waals surface area contributed by atoms with Gasteiger partial charge in [0.1, 0.15) is 5.69 Å². The van der Waals surface area contributed by atoms with Gasteiger partial charge in [-0.25, -0.2) is 9.97 Å². The zero-order valence-electron chi connectivity index (χ0n) is 11.1. The molecule has 0 aliphatic carbocycles. The lowest BCUT2D eigenvalue weighted by molar-refractivity contribution is -0.385. The average molecular weight is 293 g/mol. The highest BCUT2D eigenvalue weighted by atomic mass is 35.5. The number of nitrogens with zero attached hydrogens (tertiary/aromatic N) is 3. The molecule has 2 aromatic rings. The summed E-state index contributed by atoms with van der Waals surface area (Å²) in [6.07, 6.45) is 0. The predicted octanol–water partition coefficient (Wildman–Crippen LogP) is 3.45. The molecule has 104 valence electrons. The zero-order valence-corrected chi connectivity index (χ0v) is 11.8. The van der Waals surface area contributed by atoms with Crippen LogP contribution in [0.4, 0.5) is 11.6 Å². The van der Waals surface area contributed by atoms with Gasteiger partial charge in [-0.2, -0.15) is 0 Å². The summed E-state index contributed by atoms with van der Waals surface area (Å²) in [6, 6.07) is 6.75. The SMILES string of the molecule is CCNc1nc(C)c([N+](=O)[O-])c(-c2ccc(Cl)cc2)n1. The van der Waals surface area contributed by atoms with Crippen LogP contribution in [0.5, 0.6) is 0 Å². The largest absolute Gasteiger partial charge is 0.354 e. The van der Waals surface area contributed by atoms with Gasteiger partial charge in [0.05, 0.1) is 4.92 Å². The van der Waals surface area contributed by atoms with E-state index in [1.807, 2.05) is 6.92 Å². The van der Waals surface area contributed by atoms with Crippen molar-refractivity contribution in [3.05, 3.63) is 45.1 Å². The molecule has 7 heteroatoms. The second-order valence-electron chi connectivity index (χ2n) is 4.12. The van der Waals surface area contributed by atoms with E-state index in [-0.39, 0.29) is 11.4 Å². The highest BCUT2D eigenvalue weighted by Crippen LogP contribution is 2.31. The summed E-state index contributed by atoms with van der Waals surface area (Å²) in [4.78, 5) is 19.1. The highest BCUT2D eigenvalue weighted by molar-refractivity contribution is 6.30. The van der Waals surface area contributed by atoms with Crippen molar-refractivity contribution in [2.45, 2.75) is 13.8 Å². The van der Waals surface area contributed by atoms with Crippen molar-refractivity contribution in [2.24, 2.45) is 0 Å². The third-order valence-corrected chi connectivity index (χ3v) is 2.95. The Hall–Kier alpha value is -2.21. The fraction of sp³-hybridized carbons (Fsp3) is 0.231. The molecule has 0 unspecified atom stereocenters. The predicted molar refractivity (Wildman–Crippen MR) is 78.0 cm³/mol. The molecule has 6 nitrogen and oxygen atoms in total. The van der Waals surface area contributed by atoms with Crippen LogP contribution in [0.3, 0.4) is 0 Å². The van der Waals surface area contributed by atoms with E-state index in [1.54, 1.807) is 31.2 Å². The van der Waals surface area contributed by atoms with Crippen molar-refractivity contribution < 1.29 is 4.92 Å². The molecule has 0 aliphatic rings. The molecule has 1 aromatic carbocycles. The first-order valence-corrected chi connectivity index (χ1v) is 6.43. The lowest BCUT2D eigenvalue weighted by Crippen LogP contribution is -2.07. The monoisotopic (exact) mass is 292 g/mol. The van der Waals surface area contributed by atoms with Crippen LogP contribution in [-0.2, 0) is 0 Å². The van der Waals surface area contributed by atoms with Gasteiger partial charge in [0.2, 0.25) is 5.95 Å². The van der Waals surface area contributed by atoms with Gasteiger partial charge in [0.15, 0.2) is 5.69 Å². The van der Waals surface area contributed by atoms with Gasteiger partial charge < -0.3 is 5.32 Å². The highest BCUT2D eigenvalue weighted by Gasteiger charge is 2.23. The summed E-state index contributed by atoms with van der Waals surface area (Å²) in [7, 11) is 0. The van der Waals surface area contributed by atoms with E-state index >= 15 is 0 Å². The molecular weight excluding hydrogens is 280 g/mol. The molecule has 1 N–H and O–H groups in total. The topological polar surface area (TPSA) is 81.0 Å². The fourth-order valence-corrected chi connectivity index (χ4v) is 1.96. The Morgan fingerprint density at radius 3 is 2.50 bits per heavy atom. The number of aryl methyl sites for hydroxylation is 1. The first-order valence-electron chi connectivity index (χ1n) is 6.05. The Bertz CT molecular complexity index is 644. The van der Waals surface area contributed by atoms with E-state index in [2.05, 4.69) is 15.3 Å². The van der Waals surface area contributed by atoms with Crippen molar-refractivity contribution in [1.82, 2.24) is 9.97 Å². The van der Waals surface area contributed by atoms with E-state index in [0.29, 0.717) is 28.8 Å². The van der Waals surface area contributed by atoms with Crippen LogP contribution < -0.4 is 5.32 Å². The minimum absolute atomic E-state index is 0.0889. The van der Waals surface area contributed by atoms with E-state index < -0.39 is 4.92 Å². The number of nitro groups is 1. The first kappa shape index (κ1) is 14.2. The van der Waals surface area contributed by atoms with Gasteiger partial charge >= 0.3 is 5.69 Å². The summed E-state index contributed by atoms with van der Waals surface area (Å²) in [5.74, 6) is 0.376. The maximum Gasteiger partial charge on any atom is 0.316 e. The average Bonchev–Trinajstić information content (AvgIpc) is 2.38. The molecule has 20 heavy (non-hydrogen) atoms. The van der Waals surface area contributed by atoms with Crippen LogP contribution in [0.2, 0.25) is 5.02 Å². The van der Waals surface area contributed by atoms with Gasteiger partial charge in [-0.1, -0.05) is 23.7 Å². The van der Waals surface area contributed by atoms with Gasteiger partial charge in [0.25, 0.3) is 0 Å². The van der Waals surface area contributed by atoms with Crippen molar-refractivity contribution in [1.29, 1.82) is 0 Å². The van der Waals surface area contributed by atoms with Crippen LogP contribution in [-0.4, -0.2) is 21.4 Å². The minimum atomic E-state index is -0.463. The number of aromatic nitrogens is 2. The lowest BCUT2D eigenvalue weighted by atomic mass is 10.1. The molecule has 1 heterocycles. The molecule has 0 saturated heterocycles. The smallest absolute Gasteiger partial charge is 0.316 e. The molecule has 0 spiro atoms. The minimum Gasteiger partial charge on any atom is -0.354 e. The zero-order chi connectivity index (χ0) is 14.7. The Kier molecular flexibility index (Phi) is 4.14. The fourth-order valence-electron chi connectivity index (χ4n) is 1.83. The number of hydrogen-bond donors (Lipinski definition) is 1. The molecule has 0 aliphatic heterocycles. The summed E-state index contributed by atoms with van der Waals surface area (Å²) >= 11 is 5.83. The summed E-state index contributed by atoms with van der Waals surface area (Å²) < 4.78 is 0. The number of rotatable bonds is 4. The third kappa shape index (κ3) is 2.85. The van der Waals surface area contributed by atoms with Crippen molar-refractivity contribution in [3.8, 4) is 11.3 Å². The second-order valence-corrected chi connectivity index (χ2v) is 4.56. The van der Waals surface area contributed by atoms with E-state index in [0.717, 1.165) is 0 Å².